The summed E-state index contributed by atoms with van der Waals surface area (Å²) in [6.45, 7) is 3.86. The van der Waals surface area contributed by atoms with E-state index in [1.807, 2.05) is 19.9 Å². The fourth-order valence-corrected chi connectivity index (χ4v) is 3.64. The smallest absolute Gasteiger partial charge is 0.335 e. The fourth-order valence-electron chi connectivity index (χ4n) is 3.64. The van der Waals surface area contributed by atoms with Gasteiger partial charge >= 0.3 is 12.0 Å². The van der Waals surface area contributed by atoms with E-state index in [1.165, 1.54) is 18.2 Å². The molecule has 8 heteroatoms. The second kappa shape index (κ2) is 9.64. The number of carboxylic acid groups (broad SMARTS) is 1. The lowest BCUT2D eigenvalue weighted by Crippen LogP contribution is -2.54. The Morgan fingerprint density at radius 2 is 1.71 bits per heavy atom. The summed E-state index contributed by atoms with van der Waals surface area (Å²) in [5.41, 5.74) is 3.38. The quantitative estimate of drug-likeness (QED) is 0.411. The summed E-state index contributed by atoms with van der Waals surface area (Å²) in [6, 6.07) is 17.6. The molecule has 0 atom stereocenters. The zero-order valence-corrected chi connectivity index (χ0v) is 19.1. The van der Waals surface area contributed by atoms with E-state index >= 15 is 0 Å². The molecule has 0 unspecified atom stereocenters. The standard InChI is InChI=1S/C27H22N2O6/c1-16-5-3-8-23(17(16)2)29-25(31)22(24(30)28-27(29)34)14-18-9-11-21(12-10-18)35-15-19-6-4-7-20(13-19)26(32)33/h3-14H,15H2,1-2H3,(H,32,33)(H,28,30,34). The molecule has 176 valence electrons. The second-order valence-electron chi connectivity index (χ2n) is 8.04. The number of aromatic carboxylic acids is 1. The van der Waals surface area contributed by atoms with Crippen molar-refractivity contribution in [3.63, 3.8) is 0 Å². The molecule has 3 aromatic carbocycles. The summed E-state index contributed by atoms with van der Waals surface area (Å²) in [5, 5.41) is 11.3. The Kier molecular flexibility index (Phi) is 6.46. The Morgan fingerprint density at radius 3 is 2.43 bits per heavy atom. The first kappa shape index (κ1) is 23.4. The molecule has 0 saturated carbocycles. The zero-order chi connectivity index (χ0) is 25.1. The zero-order valence-electron chi connectivity index (χ0n) is 19.1. The Balaban J connectivity index is 1.52. The highest BCUT2D eigenvalue weighted by Gasteiger charge is 2.37. The lowest BCUT2D eigenvalue weighted by Gasteiger charge is -2.28. The number of ether oxygens (including phenoxy) is 1. The van der Waals surface area contributed by atoms with Crippen LogP contribution in [0.5, 0.6) is 5.75 Å². The highest BCUT2D eigenvalue weighted by molar-refractivity contribution is 6.39. The lowest BCUT2D eigenvalue weighted by atomic mass is 10.0. The number of carboxylic acids is 1. The lowest BCUT2D eigenvalue weighted by molar-refractivity contribution is -0.122. The molecule has 0 spiro atoms. The van der Waals surface area contributed by atoms with E-state index in [0.717, 1.165) is 16.0 Å². The van der Waals surface area contributed by atoms with Crippen LogP contribution in [0.15, 0.2) is 72.3 Å². The number of hydrogen-bond donors (Lipinski definition) is 2. The number of rotatable bonds is 6. The number of anilines is 1. The molecule has 35 heavy (non-hydrogen) atoms. The maximum Gasteiger partial charge on any atom is 0.335 e. The van der Waals surface area contributed by atoms with Crippen LogP contribution >= 0.6 is 0 Å². The molecule has 4 amide bonds. The predicted octanol–water partition coefficient (Wildman–Crippen LogP) is 4.25. The van der Waals surface area contributed by atoms with E-state index in [0.29, 0.717) is 22.6 Å². The third-order valence-electron chi connectivity index (χ3n) is 5.69. The maximum atomic E-state index is 13.1. The topological polar surface area (TPSA) is 113 Å². The largest absolute Gasteiger partial charge is 0.489 e. The van der Waals surface area contributed by atoms with Crippen LogP contribution in [0, 0.1) is 13.8 Å². The van der Waals surface area contributed by atoms with Crippen LogP contribution in [0.4, 0.5) is 10.5 Å². The van der Waals surface area contributed by atoms with Crippen molar-refractivity contribution in [1.29, 1.82) is 0 Å². The van der Waals surface area contributed by atoms with Gasteiger partial charge in [0, 0.05) is 0 Å². The fraction of sp³-hybridized carbons (Fsp3) is 0.111. The summed E-state index contributed by atoms with van der Waals surface area (Å²) >= 11 is 0. The molecule has 0 aromatic heterocycles. The van der Waals surface area contributed by atoms with E-state index in [4.69, 9.17) is 9.84 Å². The van der Waals surface area contributed by atoms with Gasteiger partial charge < -0.3 is 9.84 Å². The SMILES string of the molecule is Cc1cccc(N2C(=O)NC(=O)C(=Cc3ccc(OCc4cccc(C(=O)O)c4)cc3)C2=O)c1C. The highest BCUT2D eigenvalue weighted by Crippen LogP contribution is 2.27. The number of urea groups is 1. The summed E-state index contributed by atoms with van der Waals surface area (Å²) in [6.07, 6.45) is 1.42. The van der Waals surface area contributed by atoms with Crippen LogP contribution in [0.25, 0.3) is 6.08 Å². The summed E-state index contributed by atoms with van der Waals surface area (Å²) in [7, 11) is 0. The molecular weight excluding hydrogens is 448 g/mol. The van der Waals surface area contributed by atoms with Crippen LogP contribution in [-0.4, -0.2) is 28.9 Å². The van der Waals surface area contributed by atoms with E-state index < -0.39 is 23.8 Å². The second-order valence-corrected chi connectivity index (χ2v) is 8.04. The molecular formula is C27H22N2O6. The van der Waals surface area contributed by atoms with Gasteiger partial charge in [0.2, 0.25) is 0 Å². The first-order valence-electron chi connectivity index (χ1n) is 10.8. The Hall–Kier alpha value is -4.72. The van der Waals surface area contributed by atoms with Crippen molar-refractivity contribution in [2.24, 2.45) is 0 Å². The monoisotopic (exact) mass is 470 g/mol. The van der Waals surface area contributed by atoms with Gasteiger partial charge in [-0.3, -0.25) is 14.9 Å². The van der Waals surface area contributed by atoms with Crippen molar-refractivity contribution in [2.45, 2.75) is 20.5 Å². The molecule has 1 aliphatic heterocycles. The number of barbiturate groups is 1. The molecule has 1 heterocycles. The number of amides is 4. The number of imide groups is 2. The van der Waals surface area contributed by atoms with Crippen LogP contribution in [0.2, 0.25) is 0 Å². The molecule has 1 saturated heterocycles. The van der Waals surface area contributed by atoms with Crippen molar-refractivity contribution in [1.82, 2.24) is 5.32 Å². The van der Waals surface area contributed by atoms with Gasteiger partial charge in [0.1, 0.15) is 17.9 Å². The molecule has 8 nitrogen and oxygen atoms in total. The molecule has 1 aliphatic rings. The van der Waals surface area contributed by atoms with Crippen LogP contribution < -0.4 is 15.0 Å². The first-order valence-corrected chi connectivity index (χ1v) is 10.8. The van der Waals surface area contributed by atoms with Crippen molar-refractivity contribution in [2.75, 3.05) is 4.90 Å². The number of carbonyl (C=O) groups is 4. The molecule has 0 radical (unpaired) electrons. The van der Waals surface area contributed by atoms with E-state index in [2.05, 4.69) is 5.32 Å². The van der Waals surface area contributed by atoms with E-state index in [9.17, 15) is 19.2 Å². The van der Waals surface area contributed by atoms with Gasteiger partial charge in [-0.05, 0) is 72.5 Å². The van der Waals surface area contributed by atoms with Gasteiger partial charge in [-0.25, -0.2) is 14.5 Å². The van der Waals surface area contributed by atoms with Gasteiger partial charge in [-0.15, -0.1) is 0 Å². The Morgan fingerprint density at radius 1 is 1.00 bits per heavy atom. The number of nitrogens with one attached hydrogen (secondary N) is 1. The third-order valence-corrected chi connectivity index (χ3v) is 5.69. The van der Waals surface area contributed by atoms with Gasteiger partial charge in [0.15, 0.2) is 0 Å². The van der Waals surface area contributed by atoms with Crippen molar-refractivity contribution < 1.29 is 29.0 Å². The average Bonchev–Trinajstić information content (AvgIpc) is 2.84. The van der Waals surface area contributed by atoms with Gasteiger partial charge in [0.25, 0.3) is 11.8 Å². The van der Waals surface area contributed by atoms with Crippen molar-refractivity contribution in [3.8, 4) is 5.75 Å². The minimum absolute atomic E-state index is 0.162. The molecule has 1 fully saturated rings. The Labute approximate surface area is 201 Å². The van der Waals surface area contributed by atoms with Crippen LogP contribution in [0.3, 0.4) is 0 Å². The van der Waals surface area contributed by atoms with Gasteiger partial charge in [-0.2, -0.15) is 0 Å². The van der Waals surface area contributed by atoms with Crippen molar-refractivity contribution in [3.05, 3.63) is 100 Å². The number of aryl methyl sites for hydroxylation is 1. The minimum Gasteiger partial charge on any atom is -0.489 e. The number of carbonyl (C=O) groups excluding carboxylic acids is 3. The maximum absolute atomic E-state index is 13.1. The predicted molar refractivity (Wildman–Crippen MR) is 129 cm³/mol. The normalized spacial score (nSPS) is 14.7. The molecule has 3 aromatic rings. The Bertz CT molecular complexity index is 1370. The van der Waals surface area contributed by atoms with Crippen molar-refractivity contribution >= 4 is 35.6 Å². The number of benzene rings is 3. The van der Waals surface area contributed by atoms with Gasteiger partial charge in [0.05, 0.1) is 11.3 Å². The molecule has 4 rings (SSSR count). The minimum atomic E-state index is -1.01. The van der Waals surface area contributed by atoms with Crippen LogP contribution in [0.1, 0.15) is 32.6 Å². The molecule has 0 bridgehead atoms. The number of hydrogen-bond acceptors (Lipinski definition) is 5. The summed E-state index contributed by atoms with van der Waals surface area (Å²) in [4.78, 5) is 50.1. The highest BCUT2D eigenvalue weighted by atomic mass is 16.5. The average molecular weight is 470 g/mol. The van der Waals surface area contributed by atoms with Crippen LogP contribution in [-0.2, 0) is 16.2 Å². The number of nitrogens with zero attached hydrogens (tertiary/aromatic N) is 1. The third kappa shape index (κ3) is 4.96. The summed E-state index contributed by atoms with van der Waals surface area (Å²) in [5.74, 6) is -1.95. The first-order chi connectivity index (χ1) is 16.7. The molecule has 0 aliphatic carbocycles. The molecule has 2 N–H and O–H groups in total. The van der Waals surface area contributed by atoms with E-state index in [1.54, 1.807) is 48.5 Å². The summed E-state index contributed by atoms with van der Waals surface area (Å²) < 4.78 is 5.71. The van der Waals surface area contributed by atoms with Gasteiger partial charge in [-0.1, -0.05) is 36.4 Å². The van der Waals surface area contributed by atoms with E-state index in [-0.39, 0.29) is 17.7 Å².